The Morgan fingerprint density at radius 2 is 1.96 bits per heavy atom. The highest BCUT2D eigenvalue weighted by Crippen LogP contribution is 2.15. The maximum absolute atomic E-state index is 12.2. The number of amides is 1. The molecule has 1 aliphatic rings. The van der Waals surface area contributed by atoms with E-state index in [9.17, 15) is 9.59 Å². The minimum absolute atomic E-state index is 0. The summed E-state index contributed by atoms with van der Waals surface area (Å²) in [7, 11) is 0. The molecule has 3 N–H and O–H groups in total. The van der Waals surface area contributed by atoms with E-state index >= 15 is 0 Å². The molecule has 2 heterocycles. The van der Waals surface area contributed by atoms with Gasteiger partial charge in [0.2, 0.25) is 0 Å². The van der Waals surface area contributed by atoms with Crippen molar-refractivity contribution in [2.45, 2.75) is 19.3 Å². The Hall–Kier alpha value is -2.11. The number of nitrogens with one attached hydrogen (secondary N) is 3. The molecule has 25 heavy (non-hydrogen) atoms. The van der Waals surface area contributed by atoms with Crippen LogP contribution in [0, 0.1) is 5.92 Å². The fourth-order valence-corrected chi connectivity index (χ4v) is 3.09. The summed E-state index contributed by atoms with van der Waals surface area (Å²) in [5, 5.41) is 6.23. The van der Waals surface area contributed by atoms with Crippen LogP contribution >= 0.6 is 12.4 Å². The molecule has 0 spiro atoms. The highest BCUT2D eigenvalue weighted by molar-refractivity contribution is 5.94. The van der Waals surface area contributed by atoms with E-state index in [1.165, 1.54) is 12.8 Å². The number of hydrogen-bond donors (Lipinski definition) is 3. The van der Waals surface area contributed by atoms with Gasteiger partial charge in [-0.2, -0.15) is 0 Å². The second-order valence-corrected chi connectivity index (χ2v) is 6.24. The fourth-order valence-electron chi connectivity index (χ4n) is 3.09. The van der Waals surface area contributed by atoms with Gasteiger partial charge < -0.3 is 15.6 Å². The summed E-state index contributed by atoms with van der Waals surface area (Å²) in [4.78, 5) is 27.2. The number of aromatic nitrogens is 1. The molecule has 2 aromatic rings. The van der Waals surface area contributed by atoms with Crippen LogP contribution in [-0.2, 0) is 0 Å². The first kappa shape index (κ1) is 19.2. The smallest absolute Gasteiger partial charge is 0.261 e. The van der Waals surface area contributed by atoms with Gasteiger partial charge in [0, 0.05) is 12.2 Å². The minimum atomic E-state index is -0.354. The van der Waals surface area contributed by atoms with Crippen molar-refractivity contribution in [1.82, 2.24) is 15.6 Å². The molecule has 1 fully saturated rings. The molecule has 3 rings (SSSR count). The van der Waals surface area contributed by atoms with Crippen molar-refractivity contribution < 1.29 is 4.79 Å². The molecule has 134 valence electrons. The van der Waals surface area contributed by atoms with Crippen molar-refractivity contribution in [1.29, 1.82) is 0 Å². The van der Waals surface area contributed by atoms with Gasteiger partial charge in [-0.1, -0.05) is 30.3 Å². The zero-order valence-electron chi connectivity index (χ0n) is 14.1. The van der Waals surface area contributed by atoms with Crippen LogP contribution in [0.5, 0.6) is 0 Å². The molecule has 0 radical (unpaired) electrons. The van der Waals surface area contributed by atoms with Crippen LogP contribution in [0.2, 0.25) is 0 Å². The number of piperidine rings is 1. The molecule has 1 aliphatic heterocycles. The molecule has 6 heteroatoms. The Morgan fingerprint density at radius 1 is 1.16 bits per heavy atom. The molecule has 5 nitrogen and oxygen atoms in total. The number of rotatable bonds is 5. The van der Waals surface area contributed by atoms with Crippen LogP contribution in [-0.4, -0.2) is 30.5 Å². The Morgan fingerprint density at radius 3 is 2.64 bits per heavy atom. The van der Waals surface area contributed by atoms with Gasteiger partial charge in [-0.3, -0.25) is 9.59 Å². The van der Waals surface area contributed by atoms with Crippen molar-refractivity contribution in [3.05, 3.63) is 58.4 Å². The summed E-state index contributed by atoms with van der Waals surface area (Å²) in [6.07, 6.45) is 3.34. The minimum Gasteiger partial charge on any atom is -0.352 e. The van der Waals surface area contributed by atoms with Gasteiger partial charge >= 0.3 is 0 Å². The zero-order valence-corrected chi connectivity index (χ0v) is 14.9. The van der Waals surface area contributed by atoms with Gasteiger partial charge in [0.15, 0.2) is 0 Å². The van der Waals surface area contributed by atoms with E-state index in [0.29, 0.717) is 18.2 Å². The van der Waals surface area contributed by atoms with Crippen LogP contribution in [0.15, 0.2) is 47.3 Å². The first-order valence-electron chi connectivity index (χ1n) is 8.52. The molecular formula is C19H24ClN3O2. The average Bonchev–Trinajstić information content (AvgIpc) is 2.63. The maximum atomic E-state index is 12.2. The third kappa shape index (κ3) is 5.18. The Balaban J connectivity index is 0.00000225. The van der Waals surface area contributed by atoms with Gasteiger partial charge in [0.25, 0.3) is 11.5 Å². The van der Waals surface area contributed by atoms with E-state index in [0.717, 1.165) is 25.1 Å². The number of H-pyrrole nitrogens is 1. The SMILES string of the molecule is Cl.O=C(NCCC1CCCNC1)c1ccc(-c2ccccc2)[nH]c1=O. The van der Waals surface area contributed by atoms with Crippen LogP contribution in [0.4, 0.5) is 0 Å². The second kappa shape index (κ2) is 9.39. The first-order valence-corrected chi connectivity index (χ1v) is 8.52. The van der Waals surface area contributed by atoms with E-state index < -0.39 is 0 Å². The third-order valence-electron chi connectivity index (χ3n) is 4.48. The van der Waals surface area contributed by atoms with E-state index in [1.54, 1.807) is 12.1 Å². The van der Waals surface area contributed by atoms with Gasteiger partial charge in [-0.05, 0) is 56.0 Å². The topological polar surface area (TPSA) is 74.0 Å². The third-order valence-corrected chi connectivity index (χ3v) is 4.48. The number of pyridine rings is 1. The summed E-state index contributed by atoms with van der Waals surface area (Å²) in [5.74, 6) is 0.303. The standard InChI is InChI=1S/C19H23N3O2.ClH/c23-18(21-12-10-14-5-4-11-20-13-14)16-8-9-17(22-19(16)24)15-6-2-1-3-7-15;/h1-3,6-9,14,20H,4-5,10-13H2,(H,21,23)(H,22,24);1H. The van der Waals surface area contributed by atoms with Crippen molar-refractivity contribution in [3.8, 4) is 11.3 Å². The van der Waals surface area contributed by atoms with Crippen molar-refractivity contribution in [2.75, 3.05) is 19.6 Å². The number of carbonyl (C=O) groups excluding carboxylic acids is 1. The summed E-state index contributed by atoms with van der Waals surface area (Å²) in [6.45, 7) is 2.71. The predicted octanol–water partition coefficient (Wildman–Crippen LogP) is 2.58. The van der Waals surface area contributed by atoms with Crippen LogP contribution in [0.3, 0.4) is 0 Å². The lowest BCUT2D eigenvalue weighted by Gasteiger charge is -2.22. The van der Waals surface area contributed by atoms with Gasteiger partial charge in [0.1, 0.15) is 5.56 Å². The lowest BCUT2D eigenvalue weighted by Crippen LogP contribution is -2.34. The van der Waals surface area contributed by atoms with E-state index in [4.69, 9.17) is 0 Å². The van der Waals surface area contributed by atoms with E-state index in [2.05, 4.69) is 15.6 Å². The van der Waals surface area contributed by atoms with Crippen LogP contribution in [0.25, 0.3) is 11.3 Å². The Bertz CT molecular complexity index is 740. The first-order chi connectivity index (χ1) is 11.7. The Kier molecular flexibility index (Phi) is 7.22. The monoisotopic (exact) mass is 361 g/mol. The quantitative estimate of drug-likeness (QED) is 0.766. The summed E-state index contributed by atoms with van der Waals surface area (Å²) in [5.41, 5.74) is 1.45. The van der Waals surface area contributed by atoms with Crippen molar-refractivity contribution >= 4 is 18.3 Å². The largest absolute Gasteiger partial charge is 0.352 e. The zero-order chi connectivity index (χ0) is 16.8. The van der Waals surface area contributed by atoms with Crippen molar-refractivity contribution in [2.24, 2.45) is 5.92 Å². The van der Waals surface area contributed by atoms with E-state index in [-0.39, 0.29) is 29.4 Å². The number of aromatic amines is 1. The average molecular weight is 362 g/mol. The summed E-state index contributed by atoms with van der Waals surface area (Å²) < 4.78 is 0. The molecule has 0 bridgehead atoms. The van der Waals surface area contributed by atoms with Crippen LogP contribution in [0.1, 0.15) is 29.6 Å². The molecule has 1 atom stereocenters. The highest BCUT2D eigenvalue weighted by atomic mass is 35.5. The molecule has 1 aromatic heterocycles. The maximum Gasteiger partial charge on any atom is 0.261 e. The molecular weight excluding hydrogens is 338 g/mol. The lowest BCUT2D eigenvalue weighted by atomic mass is 9.96. The molecule has 0 aliphatic carbocycles. The second-order valence-electron chi connectivity index (χ2n) is 6.24. The van der Waals surface area contributed by atoms with Crippen LogP contribution < -0.4 is 16.2 Å². The number of benzene rings is 1. The van der Waals surface area contributed by atoms with Gasteiger partial charge in [-0.15, -0.1) is 12.4 Å². The predicted molar refractivity (Wildman–Crippen MR) is 102 cm³/mol. The fraction of sp³-hybridized carbons (Fsp3) is 0.368. The number of halogens is 1. The molecule has 1 saturated heterocycles. The summed E-state index contributed by atoms with van der Waals surface area (Å²) >= 11 is 0. The molecule has 1 unspecified atom stereocenters. The van der Waals surface area contributed by atoms with Gasteiger partial charge in [0.05, 0.1) is 0 Å². The summed E-state index contributed by atoms with van der Waals surface area (Å²) in [6, 6.07) is 13.0. The molecule has 1 amide bonds. The lowest BCUT2D eigenvalue weighted by molar-refractivity contribution is 0.0949. The Labute approximate surface area is 153 Å². The normalized spacial score (nSPS) is 16.7. The van der Waals surface area contributed by atoms with Crippen molar-refractivity contribution in [3.63, 3.8) is 0 Å². The number of carbonyl (C=O) groups is 1. The van der Waals surface area contributed by atoms with E-state index in [1.807, 2.05) is 30.3 Å². The molecule has 0 saturated carbocycles. The molecule has 1 aromatic carbocycles. The number of hydrogen-bond acceptors (Lipinski definition) is 3. The highest BCUT2D eigenvalue weighted by Gasteiger charge is 2.14. The van der Waals surface area contributed by atoms with Gasteiger partial charge in [-0.25, -0.2) is 0 Å².